The topological polar surface area (TPSA) is 71.7 Å². The molecule has 1 heterocycles. The number of aryl methyl sites for hydroxylation is 2. The molecular weight excluding hydrogens is 335 g/mol. The highest BCUT2D eigenvalue weighted by molar-refractivity contribution is 5.79. The van der Waals surface area contributed by atoms with Crippen molar-refractivity contribution in [2.24, 2.45) is 4.99 Å². The van der Waals surface area contributed by atoms with Crippen LogP contribution in [0.1, 0.15) is 37.8 Å². The van der Waals surface area contributed by atoms with E-state index < -0.39 is 0 Å². The third-order valence-corrected chi connectivity index (χ3v) is 3.97. The number of hydrogen-bond acceptors (Lipinski definition) is 4. The van der Waals surface area contributed by atoms with E-state index in [-0.39, 0.29) is 11.9 Å². The van der Waals surface area contributed by atoms with Crippen LogP contribution in [-0.4, -0.2) is 30.8 Å². The molecule has 0 aliphatic rings. The van der Waals surface area contributed by atoms with Gasteiger partial charge in [0.05, 0.1) is 12.2 Å². The fourth-order valence-electron chi connectivity index (χ4n) is 2.56. The largest absolute Gasteiger partial charge is 0.489 e. The Kier molecular flexibility index (Phi) is 7.44. The summed E-state index contributed by atoms with van der Waals surface area (Å²) in [5.74, 6) is 1.93. The maximum atomic E-state index is 12.9. The Hall–Kier alpha value is -2.57. The van der Waals surface area contributed by atoms with Crippen molar-refractivity contribution in [1.82, 2.24) is 15.8 Å². The van der Waals surface area contributed by atoms with Crippen molar-refractivity contribution in [1.29, 1.82) is 0 Å². The third-order valence-electron chi connectivity index (χ3n) is 3.97. The van der Waals surface area contributed by atoms with Gasteiger partial charge < -0.3 is 19.9 Å². The number of aliphatic imine (C=N–C) groups is 1. The van der Waals surface area contributed by atoms with Crippen LogP contribution in [0, 0.1) is 5.82 Å². The lowest BCUT2D eigenvalue weighted by Crippen LogP contribution is -2.41. The van der Waals surface area contributed by atoms with Gasteiger partial charge in [-0.2, -0.15) is 0 Å². The van der Waals surface area contributed by atoms with Crippen molar-refractivity contribution in [2.75, 3.05) is 13.6 Å². The van der Waals surface area contributed by atoms with Crippen molar-refractivity contribution < 1.29 is 13.7 Å². The van der Waals surface area contributed by atoms with Gasteiger partial charge >= 0.3 is 0 Å². The van der Waals surface area contributed by atoms with Crippen LogP contribution in [0.2, 0.25) is 0 Å². The number of nitrogens with zero attached hydrogens (tertiary/aromatic N) is 2. The molecule has 142 valence electrons. The summed E-state index contributed by atoms with van der Waals surface area (Å²) in [4.78, 5) is 4.23. The van der Waals surface area contributed by atoms with E-state index in [0.717, 1.165) is 29.9 Å². The van der Waals surface area contributed by atoms with Gasteiger partial charge in [-0.3, -0.25) is 4.99 Å². The van der Waals surface area contributed by atoms with E-state index in [4.69, 9.17) is 9.26 Å². The van der Waals surface area contributed by atoms with Crippen molar-refractivity contribution in [2.45, 2.75) is 46.3 Å². The Labute approximate surface area is 153 Å². The molecule has 0 aliphatic heterocycles. The van der Waals surface area contributed by atoms with Gasteiger partial charge in [0.1, 0.15) is 23.4 Å². The van der Waals surface area contributed by atoms with E-state index in [0.29, 0.717) is 24.8 Å². The summed E-state index contributed by atoms with van der Waals surface area (Å²) < 4.78 is 24.1. The van der Waals surface area contributed by atoms with Gasteiger partial charge in [0, 0.05) is 25.6 Å². The molecule has 2 N–H and O–H groups in total. The summed E-state index contributed by atoms with van der Waals surface area (Å²) in [5.41, 5.74) is 2.06. The van der Waals surface area contributed by atoms with E-state index in [2.05, 4.69) is 27.7 Å². The van der Waals surface area contributed by atoms with E-state index in [9.17, 15) is 4.39 Å². The zero-order valence-electron chi connectivity index (χ0n) is 15.8. The maximum absolute atomic E-state index is 12.9. The lowest BCUT2D eigenvalue weighted by molar-refractivity contribution is 0.223. The zero-order valence-corrected chi connectivity index (χ0v) is 15.8. The molecule has 0 spiro atoms. The highest BCUT2D eigenvalue weighted by Gasteiger charge is 2.14. The highest BCUT2D eigenvalue weighted by Crippen LogP contribution is 2.15. The number of aromatic nitrogens is 1. The van der Waals surface area contributed by atoms with Gasteiger partial charge in [-0.25, -0.2) is 4.39 Å². The van der Waals surface area contributed by atoms with Crippen LogP contribution in [0.4, 0.5) is 4.39 Å². The predicted octanol–water partition coefficient (Wildman–Crippen LogP) is 3.07. The Bertz CT molecular complexity index is 691. The van der Waals surface area contributed by atoms with Gasteiger partial charge in [0.2, 0.25) is 0 Å². The molecule has 0 saturated heterocycles. The van der Waals surface area contributed by atoms with Crippen LogP contribution in [-0.2, 0) is 19.4 Å². The first-order valence-corrected chi connectivity index (χ1v) is 8.90. The summed E-state index contributed by atoms with van der Waals surface area (Å²) in [6.07, 6.45) is 1.53. The molecule has 2 rings (SSSR count). The molecule has 1 aromatic carbocycles. The van der Waals surface area contributed by atoms with E-state index in [1.165, 1.54) is 12.1 Å². The summed E-state index contributed by atoms with van der Waals surface area (Å²) in [5, 5.41) is 10.6. The normalized spacial score (nSPS) is 12.7. The van der Waals surface area contributed by atoms with Crippen molar-refractivity contribution in [3.8, 4) is 5.75 Å². The second-order valence-corrected chi connectivity index (χ2v) is 5.93. The lowest BCUT2D eigenvalue weighted by atomic mass is 10.1. The summed E-state index contributed by atoms with van der Waals surface area (Å²) in [6.45, 7) is 7.20. The number of ether oxygens (including phenoxy) is 1. The van der Waals surface area contributed by atoms with Gasteiger partial charge in [0.25, 0.3) is 0 Å². The van der Waals surface area contributed by atoms with Gasteiger partial charge in [0.15, 0.2) is 5.96 Å². The number of benzene rings is 1. The Morgan fingerprint density at radius 3 is 2.58 bits per heavy atom. The molecule has 1 unspecified atom stereocenters. The Morgan fingerprint density at radius 2 is 1.96 bits per heavy atom. The van der Waals surface area contributed by atoms with Crippen LogP contribution in [0.5, 0.6) is 5.75 Å². The molecule has 0 amide bonds. The van der Waals surface area contributed by atoms with E-state index in [1.807, 2.05) is 13.8 Å². The van der Waals surface area contributed by atoms with E-state index >= 15 is 0 Å². The molecule has 1 atom stereocenters. The molecule has 0 bridgehead atoms. The van der Waals surface area contributed by atoms with Crippen molar-refractivity contribution >= 4 is 5.96 Å². The van der Waals surface area contributed by atoms with Gasteiger partial charge in [-0.05, 0) is 37.6 Å². The summed E-state index contributed by atoms with van der Waals surface area (Å²) in [6, 6.07) is 5.99. The second kappa shape index (κ2) is 9.79. The van der Waals surface area contributed by atoms with Crippen LogP contribution in [0.25, 0.3) is 0 Å². The first-order chi connectivity index (χ1) is 12.6. The predicted molar refractivity (Wildman–Crippen MR) is 100.0 cm³/mol. The second-order valence-electron chi connectivity index (χ2n) is 5.93. The SMILES string of the molecule is CCc1noc(CC)c1CNC(=NC)NCC(C)Oc1ccc(F)cc1. The quantitative estimate of drug-likeness (QED) is 0.558. The number of halogens is 1. The van der Waals surface area contributed by atoms with Crippen LogP contribution in [0.15, 0.2) is 33.8 Å². The Balaban J connectivity index is 1.84. The number of rotatable bonds is 8. The molecule has 0 radical (unpaired) electrons. The fraction of sp³-hybridized carbons (Fsp3) is 0.474. The fourth-order valence-corrected chi connectivity index (χ4v) is 2.56. The van der Waals surface area contributed by atoms with Gasteiger partial charge in [-0.1, -0.05) is 19.0 Å². The standard InChI is InChI=1S/C19H27FN4O2/c1-5-17-16(18(6-2)26-24-17)12-23-19(21-4)22-11-13(3)25-15-9-7-14(20)8-10-15/h7-10,13H,5-6,11-12H2,1-4H3,(H2,21,22,23). The molecule has 2 aromatic rings. The van der Waals surface area contributed by atoms with Crippen LogP contribution < -0.4 is 15.4 Å². The number of hydrogen-bond donors (Lipinski definition) is 2. The summed E-state index contributed by atoms with van der Waals surface area (Å²) in [7, 11) is 1.72. The first-order valence-electron chi connectivity index (χ1n) is 8.90. The molecule has 6 nitrogen and oxygen atoms in total. The van der Waals surface area contributed by atoms with Crippen molar-refractivity contribution in [3.05, 3.63) is 47.1 Å². The smallest absolute Gasteiger partial charge is 0.191 e. The average molecular weight is 362 g/mol. The number of nitrogens with one attached hydrogen (secondary N) is 2. The minimum Gasteiger partial charge on any atom is -0.489 e. The first kappa shape index (κ1) is 19.8. The number of guanidine groups is 1. The zero-order chi connectivity index (χ0) is 18.9. The lowest BCUT2D eigenvalue weighted by Gasteiger charge is -2.18. The van der Waals surface area contributed by atoms with Crippen LogP contribution in [0.3, 0.4) is 0 Å². The summed E-state index contributed by atoms with van der Waals surface area (Å²) >= 11 is 0. The molecule has 0 aliphatic carbocycles. The van der Waals surface area contributed by atoms with Crippen molar-refractivity contribution in [3.63, 3.8) is 0 Å². The minimum absolute atomic E-state index is 0.105. The maximum Gasteiger partial charge on any atom is 0.191 e. The van der Waals surface area contributed by atoms with Crippen LogP contribution >= 0.6 is 0 Å². The molecule has 1 aromatic heterocycles. The molecule has 0 saturated carbocycles. The monoisotopic (exact) mass is 362 g/mol. The molecule has 26 heavy (non-hydrogen) atoms. The van der Waals surface area contributed by atoms with E-state index in [1.54, 1.807) is 19.2 Å². The Morgan fingerprint density at radius 1 is 1.23 bits per heavy atom. The minimum atomic E-state index is -0.278. The third kappa shape index (κ3) is 5.47. The average Bonchev–Trinajstić information content (AvgIpc) is 3.05. The highest BCUT2D eigenvalue weighted by atomic mass is 19.1. The molecule has 7 heteroatoms. The molecular formula is C19H27FN4O2. The molecule has 0 fully saturated rings. The van der Waals surface area contributed by atoms with Gasteiger partial charge in [-0.15, -0.1) is 0 Å².